The SMILES string of the molecule is NC(=O)CSc1ccccc1C(=O)Nc1cccc(-c2nc3ccccc3s2)c1. The number of primary amides is 1. The van der Waals surface area contributed by atoms with Crippen molar-refractivity contribution in [2.45, 2.75) is 4.90 Å². The second kappa shape index (κ2) is 8.46. The number of carbonyl (C=O) groups excluding carboxylic acids is 2. The van der Waals surface area contributed by atoms with Gasteiger partial charge in [-0.3, -0.25) is 9.59 Å². The van der Waals surface area contributed by atoms with Gasteiger partial charge < -0.3 is 11.1 Å². The van der Waals surface area contributed by atoms with Gasteiger partial charge in [0.15, 0.2) is 0 Å². The van der Waals surface area contributed by atoms with E-state index in [1.165, 1.54) is 11.8 Å². The normalized spacial score (nSPS) is 10.8. The molecule has 3 N–H and O–H groups in total. The minimum atomic E-state index is -0.422. The van der Waals surface area contributed by atoms with E-state index in [1.54, 1.807) is 29.5 Å². The van der Waals surface area contributed by atoms with E-state index in [-0.39, 0.29) is 11.7 Å². The zero-order valence-corrected chi connectivity index (χ0v) is 16.9. The summed E-state index contributed by atoms with van der Waals surface area (Å²) in [7, 11) is 0. The molecule has 0 saturated carbocycles. The maximum Gasteiger partial charge on any atom is 0.256 e. The van der Waals surface area contributed by atoms with Crippen LogP contribution in [0.2, 0.25) is 0 Å². The van der Waals surface area contributed by atoms with E-state index < -0.39 is 5.91 Å². The number of para-hydroxylation sites is 1. The van der Waals surface area contributed by atoms with Crippen LogP contribution in [0.5, 0.6) is 0 Å². The van der Waals surface area contributed by atoms with Gasteiger partial charge in [-0.05, 0) is 36.4 Å². The van der Waals surface area contributed by atoms with E-state index in [4.69, 9.17) is 5.73 Å². The van der Waals surface area contributed by atoms with Gasteiger partial charge in [0, 0.05) is 16.1 Å². The first-order valence-corrected chi connectivity index (χ1v) is 10.7. The smallest absolute Gasteiger partial charge is 0.256 e. The van der Waals surface area contributed by atoms with Crippen LogP contribution >= 0.6 is 23.1 Å². The molecule has 2 amide bonds. The van der Waals surface area contributed by atoms with Gasteiger partial charge in [0.25, 0.3) is 5.91 Å². The molecule has 0 spiro atoms. The summed E-state index contributed by atoms with van der Waals surface area (Å²) in [5, 5.41) is 3.84. The predicted octanol–water partition coefficient (Wildman–Crippen LogP) is 4.79. The van der Waals surface area contributed by atoms with Crippen molar-refractivity contribution in [3.8, 4) is 10.6 Å². The summed E-state index contributed by atoms with van der Waals surface area (Å²) in [5.41, 5.74) is 8.32. The largest absolute Gasteiger partial charge is 0.369 e. The average molecular weight is 420 g/mol. The summed E-state index contributed by atoms with van der Waals surface area (Å²) in [4.78, 5) is 29.3. The van der Waals surface area contributed by atoms with Gasteiger partial charge >= 0.3 is 0 Å². The molecular formula is C22H17N3O2S2. The first-order chi connectivity index (χ1) is 14.1. The van der Waals surface area contributed by atoms with Gasteiger partial charge in [-0.2, -0.15) is 0 Å². The van der Waals surface area contributed by atoms with Gasteiger partial charge in [-0.25, -0.2) is 4.98 Å². The quantitative estimate of drug-likeness (QED) is 0.440. The number of fused-ring (bicyclic) bond motifs is 1. The van der Waals surface area contributed by atoms with Crippen LogP contribution in [-0.4, -0.2) is 22.6 Å². The molecule has 0 atom stereocenters. The van der Waals surface area contributed by atoms with Gasteiger partial charge in [-0.1, -0.05) is 36.4 Å². The molecule has 0 unspecified atom stereocenters. The van der Waals surface area contributed by atoms with E-state index in [0.29, 0.717) is 16.1 Å². The Morgan fingerprint density at radius 3 is 2.62 bits per heavy atom. The molecule has 0 aliphatic carbocycles. The number of nitrogens with two attached hydrogens (primary N) is 1. The van der Waals surface area contributed by atoms with Crippen molar-refractivity contribution >= 4 is 50.8 Å². The van der Waals surface area contributed by atoms with Crippen LogP contribution in [0, 0.1) is 0 Å². The Bertz CT molecular complexity index is 1170. The molecule has 0 aliphatic rings. The third kappa shape index (κ3) is 4.47. The molecule has 0 aliphatic heterocycles. The standard InChI is InChI=1S/C22H17N3O2S2/c23-20(26)13-28-18-10-3-1-8-16(18)21(27)24-15-7-5-6-14(12-15)22-25-17-9-2-4-11-19(17)29-22/h1-12H,13H2,(H2,23,26)(H,24,27). The predicted molar refractivity (Wildman–Crippen MR) is 119 cm³/mol. The van der Waals surface area contributed by atoms with Crippen LogP contribution in [0.1, 0.15) is 10.4 Å². The van der Waals surface area contributed by atoms with Crippen molar-refractivity contribution in [2.24, 2.45) is 5.73 Å². The Hall–Kier alpha value is -3.16. The number of nitrogens with zero attached hydrogens (tertiary/aromatic N) is 1. The molecule has 4 aromatic rings. The summed E-state index contributed by atoms with van der Waals surface area (Å²) in [6.07, 6.45) is 0. The molecule has 0 fully saturated rings. The lowest BCUT2D eigenvalue weighted by Gasteiger charge is -2.10. The fourth-order valence-corrected chi connectivity index (χ4v) is 4.60. The second-order valence-corrected chi connectivity index (χ2v) is 8.32. The number of hydrogen-bond acceptors (Lipinski definition) is 5. The Morgan fingerprint density at radius 2 is 1.79 bits per heavy atom. The van der Waals surface area contributed by atoms with Crippen LogP contribution in [-0.2, 0) is 4.79 Å². The second-order valence-electron chi connectivity index (χ2n) is 6.27. The Morgan fingerprint density at radius 1 is 1.00 bits per heavy atom. The van der Waals surface area contributed by atoms with Crippen LogP contribution in [0.4, 0.5) is 5.69 Å². The van der Waals surface area contributed by atoms with Crippen LogP contribution in [0.15, 0.2) is 77.7 Å². The van der Waals surface area contributed by atoms with Crippen molar-refractivity contribution in [2.75, 3.05) is 11.1 Å². The van der Waals surface area contributed by atoms with Crippen molar-refractivity contribution in [3.05, 3.63) is 78.4 Å². The van der Waals surface area contributed by atoms with E-state index in [1.807, 2.05) is 54.6 Å². The lowest BCUT2D eigenvalue weighted by atomic mass is 10.1. The zero-order chi connectivity index (χ0) is 20.2. The maximum absolute atomic E-state index is 12.8. The number of nitrogens with one attached hydrogen (secondary N) is 1. The highest BCUT2D eigenvalue weighted by Gasteiger charge is 2.13. The average Bonchev–Trinajstić information content (AvgIpc) is 3.17. The fraction of sp³-hybridized carbons (Fsp3) is 0.0455. The molecule has 4 rings (SSSR count). The third-order valence-corrected chi connectivity index (χ3v) is 6.34. The number of amides is 2. The number of thiazole rings is 1. The number of anilines is 1. The zero-order valence-electron chi connectivity index (χ0n) is 15.3. The van der Waals surface area contributed by atoms with Gasteiger partial charge in [0.1, 0.15) is 5.01 Å². The van der Waals surface area contributed by atoms with Gasteiger partial charge in [0.2, 0.25) is 5.91 Å². The summed E-state index contributed by atoms with van der Waals surface area (Å²) in [6.45, 7) is 0. The van der Waals surface area contributed by atoms with Crippen molar-refractivity contribution < 1.29 is 9.59 Å². The monoisotopic (exact) mass is 419 g/mol. The van der Waals surface area contributed by atoms with E-state index in [2.05, 4.69) is 10.3 Å². The van der Waals surface area contributed by atoms with Crippen LogP contribution in [0.25, 0.3) is 20.8 Å². The van der Waals surface area contributed by atoms with E-state index in [9.17, 15) is 9.59 Å². The lowest BCUT2D eigenvalue weighted by molar-refractivity contribution is -0.115. The highest BCUT2D eigenvalue weighted by molar-refractivity contribution is 8.00. The lowest BCUT2D eigenvalue weighted by Crippen LogP contribution is -2.15. The number of aromatic nitrogens is 1. The topological polar surface area (TPSA) is 85.1 Å². The van der Waals surface area contributed by atoms with Crippen molar-refractivity contribution in [1.82, 2.24) is 4.98 Å². The van der Waals surface area contributed by atoms with Gasteiger partial charge in [-0.15, -0.1) is 23.1 Å². The first kappa shape index (κ1) is 19.2. The minimum absolute atomic E-state index is 0.122. The summed E-state index contributed by atoms with van der Waals surface area (Å²) in [5.74, 6) is -0.537. The first-order valence-electron chi connectivity index (χ1n) is 8.87. The molecule has 29 heavy (non-hydrogen) atoms. The Kier molecular flexibility index (Phi) is 5.59. The maximum atomic E-state index is 12.8. The van der Waals surface area contributed by atoms with E-state index in [0.717, 1.165) is 20.8 Å². The highest BCUT2D eigenvalue weighted by atomic mass is 32.2. The highest BCUT2D eigenvalue weighted by Crippen LogP contribution is 2.31. The van der Waals surface area contributed by atoms with Gasteiger partial charge in [0.05, 0.1) is 21.5 Å². The van der Waals surface area contributed by atoms with Crippen molar-refractivity contribution in [1.29, 1.82) is 0 Å². The molecule has 3 aromatic carbocycles. The molecule has 0 bridgehead atoms. The summed E-state index contributed by atoms with van der Waals surface area (Å²) < 4.78 is 1.12. The number of carbonyl (C=O) groups is 2. The fourth-order valence-electron chi connectivity index (χ4n) is 2.85. The summed E-state index contributed by atoms with van der Waals surface area (Å²) in [6, 6.07) is 22.8. The summed E-state index contributed by atoms with van der Waals surface area (Å²) >= 11 is 2.87. The molecule has 144 valence electrons. The molecule has 1 heterocycles. The molecule has 0 saturated heterocycles. The number of hydrogen-bond donors (Lipinski definition) is 2. The number of rotatable bonds is 6. The van der Waals surface area contributed by atoms with Crippen LogP contribution in [0.3, 0.4) is 0 Å². The van der Waals surface area contributed by atoms with Crippen LogP contribution < -0.4 is 11.1 Å². The minimum Gasteiger partial charge on any atom is -0.369 e. The Balaban J connectivity index is 1.57. The van der Waals surface area contributed by atoms with E-state index >= 15 is 0 Å². The molecule has 7 heteroatoms. The van der Waals surface area contributed by atoms with Crippen molar-refractivity contribution in [3.63, 3.8) is 0 Å². The molecule has 0 radical (unpaired) electrons. The number of benzene rings is 3. The Labute approximate surface area is 176 Å². The molecule has 1 aromatic heterocycles. The molecule has 5 nitrogen and oxygen atoms in total. The molecular weight excluding hydrogens is 402 g/mol. The number of thioether (sulfide) groups is 1. The third-order valence-electron chi connectivity index (χ3n) is 4.16.